The lowest BCUT2D eigenvalue weighted by molar-refractivity contribution is -0.121. The van der Waals surface area contributed by atoms with Crippen LogP contribution in [0.1, 0.15) is 32.1 Å². The van der Waals surface area contributed by atoms with Crippen LogP contribution >= 0.6 is 11.6 Å². The third-order valence-corrected chi connectivity index (χ3v) is 5.01. The van der Waals surface area contributed by atoms with Gasteiger partial charge in [-0.1, -0.05) is 30.9 Å². The average Bonchev–Trinajstić information content (AvgIpc) is 2.40. The molecule has 0 bridgehead atoms. The fraction of sp³-hybridized carbons (Fsp3) is 0.500. The van der Waals surface area contributed by atoms with E-state index in [9.17, 15) is 9.00 Å². The Morgan fingerprint density at radius 3 is 2.39 bits per heavy atom. The number of hydrogen-bond acceptors (Lipinski definition) is 2. The van der Waals surface area contributed by atoms with E-state index >= 15 is 0 Å². The van der Waals surface area contributed by atoms with Gasteiger partial charge in [0.05, 0.1) is 16.6 Å². The Morgan fingerprint density at radius 2 is 1.78 bits per heavy atom. The third-order valence-electron chi connectivity index (χ3n) is 3.41. The summed E-state index contributed by atoms with van der Waals surface area (Å²) in [6.07, 6.45) is 5.42. The van der Waals surface area contributed by atoms with Gasteiger partial charge in [0.15, 0.2) is 0 Å². The second-order valence-corrected chi connectivity index (χ2v) is 6.63. The van der Waals surface area contributed by atoms with Gasteiger partial charge in [0.1, 0.15) is 5.78 Å². The lowest BCUT2D eigenvalue weighted by Gasteiger charge is -2.19. The van der Waals surface area contributed by atoms with E-state index in [1.807, 2.05) is 0 Å². The Hall–Kier alpha value is -0.670. The molecule has 0 aliphatic heterocycles. The highest BCUT2D eigenvalue weighted by atomic mass is 35.5. The molecule has 1 saturated carbocycles. The van der Waals surface area contributed by atoms with Crippen LogP contribution in [-0.2, 0) is 15.6 Å². The Labute approximate surface area is 115 Å². The molecule has 1 aromatic carbocycles. The highest BCUT2D eigenvalue weighted by molar-refractivity contribution is 7.85. The van der Waals surface area contributed by atoms with Crippen molar-refractivity contribution in [3.8, 4) is 0 Å². The molecule has 0 radical (unpaired) electrons. The molecule has 2 nitrogen and oxygen atoms in total. The molecule has 18 heavy (non-hydrogen) atoms. The monoisotopic (exact) mass is 284 g/mol. The molecule has 98 valence electrons. The number of ketones is 1. The van der Waals surface area contributed by atoms with Crippen molar-refractivity contribution in [3.05, 3.63) is 29.3 Å². The van der Waals surface area contributed by atoms with E-state index < -0.39 is 10.8 Å². The predicted octanol–water partition coefficient (Wildman–Crippen LogP) is 3.60. The Balaban J connectivity index is 1.94. The maximum absolute atomic E-state index is 12.1. The summed E-state index contributed by atoms with van der Waals surface area (Å²) in [5, 5.41) is 0.620. The first-order chi connectivity index (χ1) is 8.66. The molecule has 0 saturated heterocycles. The number of halogens is 1. The first-order valence-electron chi connectivity index (χ1n) is 6.33. The van der Waals surface area contributed by atoms with Crippen molar-refractivity contribution >= 4 is 28.2 Å². The highest BCUT2D eigenvalue weighted by Crippen LogP contribution is 2.25. The Kier molecular flexibility index (Phi) is 4.95. The van der Waals surface area contributed by atoms with Gasteiger partial charge in [-0.25, -0.2) is 0 Å². The van der Waals surface area contributed by atoms with Crippen LogP contribution in [0.5, 0.6) is 0 Å². The minimum Gasteiger partial charge on any atom is -0.298 e. The summed E-state index contributed by atoms with van der Waals surface area (Å²) in [7, 11) is -1.23. The molecular weight excluding hydrogens is 268 g/mol. The van der Waals surface area contributed by atoms with E-state index in [1.54, 1.807) is 24.3 Å². The van der Waals surface area contributed by atoms with Crippen LogP contribution in [0.3, 0.4) is 0 Å². The van der Waals surface area contributed by atoms with Crippen LogP contribution in [0.4, 0.5) is 0 Å². The standard InChI is InChI=1S/C14H17ClO2S/c15-12-6-8-13(9-7-12)18(17)10-14(16)11-4-2-1-3-5-11/h6-9,11H,1-5,10H2. The fourth-order valence-electron chi connectivity index (χ4n) is 2.34. The van der Waals surface area contributed by atoms with Gasteiger partial charge < -0.3 is 0 Å². The van der Waals surface area contributed by atoms with Crippen LogP contribution in [0.15, 0.2) is 29.2 Å². The molecule has 1 aliphatic rings. The quantitative estimate of drug-likeness (QED) is 0.847. The maximum atomic E-state index is 12.1. The summed E-state index contributed by atoms with van der Waals surface area (Å²) in [5.41, 5.74) is 0. The Morgan fingerprint density at radius 1 is 1.17 bits per heavy atom. The molecule has 1 unspecified atom stereocenters. The molecule has 1 atom stereocenters. The number of Topliss-reactive ketones (excluding diaryl/α,β-unsaturated/α-hetero) is 1. The number of carbonyl (C=O) groups excluding carboxylic acids is 1. The molecule has 1 aliphatic carbocycles. The van der Waals surface area contributed by atoms with Gasteiger partial charge in [-0.15, -0.1) is 0 Å². The van der Waals surface area contributed by atoms with E-state index in [2.05, 4.69) is 0 Å². The van der Waals surface area contributed by atoms with Crippen molar-refractivity contribution in [2.24, 2.45) is 5.92 Å². The van der Waals surface area contributed by atoms with Gasteiger partial charge in [-0.2, -0.15) is 0 Å². The van der Waals surface area contributed by atoms with Crippen LogP contribution in [0.2, 0.25) is 5.02 Å². The zero-order valence-electron chi connectivity index (χ0n) is 10.2. The molecule has 0 aromatic heterocycles. The summed E-state index contributed by atoms with van der Waals surface area (Å²) in [6, 6.07) is 6.87. The largest absolute Gasteiger partial charge is 0.298 e. The van der Waals surface area contributed by atoms with Crippen LogP contribution in [0.25, 0.3) is 0 Å². The summed E-state index contributed by atoms with van der Waals surface area (Å²) in [6.45, 7) is 0. The van der Waals surface area contributed by atoms with Crippen molar-refractivity contribution in [2.45, 2.75) is 37.0 Å². The minimum atomic E-state index is -1.23. The van der Waals surface area contributed by atoms with Crippen molar-refractivity contribution in [1.82, 2.24) is 0 Å². The highest BCUT2D eigenvalue weighted by Gasteiger charge is 2.22. The van der Waals surface area contributed by atoms with Gasteiger partial charge in [0, 0.05) is 15.8 Å². The van der Waals surface area contributed by atoms with Crippen molar-refractivity contribution in [2.75, 3.05) is 5.75 Å². The summed E-state index contributed by atoms with van der Waals surface area (Å²) in [4.78, 5) is 12.7. The minimum absolute atomic E-state index is 0.134. The molecule has 0 heterocycles. The van der Waals surface area contributed by atoms with Gasteiger partial charge in [0.25, 0.3) is 0 Å². The zero-order valence-corrected chi connectivity index (χ0v) is 11.8. The Bertz CT molecular complexity index is 436. The van der Waals surface area contributed by atoms with E-state index in [0.717, 1.165) is 25.7 Å². The predicted molar refractivity (Wildman–Crippen MR) is 74.3 cm³/mol. The van der Waals surface area contributed by atoms with E-state index in [-0.39, 0.29) is 17.5 Å². The topological polar surface area (TPSA) is 34.1 Å². The smallest absolute Gasteiger partial charge is 0.148 e. The summed E-state index contributed by atoms with van der Waals surface area (Å²) in [5.74, 6) is 0.435. The van der Waals surface area contributed by atoms with Gasteiger partial charge >= 0.3 is 0 Å². The number of hydrogen-bond donors (Lipinski definition) is 0. The molecule has 2 rings (SSSR count). The van der Waals surface area contributed by atoms with Crippen LogP contribution in [0, 0.1) is 5.92 Å². The molecule has 4 heteroatoms. The second kappa shape index (κ2) is 6.48. The average molecular weight is 285 g/mol. The van der Waals surface area contributed by atoms with Crippen LogP contribution < -0.4 is 0 Å². The normalized spacial score (nSPS) is 18.5. The molecule has 1 aromatic rings. The fourth-order valence-corrected chi connectivity index (χ4v) is 3.57. The molecule has 0 spiro atoms. The number of carbonyl (C=O) groups is 1. The summed E-state index contributed by atoms with van der Waals surface area (Å²) < 4.78 is 12.1. The molecular formula is C14H17ClO2S. The SMILES string of the molecule is O=C(CS(=O)c1ccc(Cl)cc1)C1CCCCC1. The zero-order chi connectivity index (χ0) is 13.0. The van der Waals surface area contributed by atoms with E-state index in [4.69, 9.17) is 11.6 Å². The van der Waals surface area contributed by atoms with Crippen molar-refractivity contribution in [3.63, 3.8) is 0 Å². The lowest BCUT2D eigenvalue weighted by Crippen LogP contribution is -2.23. The molecule has 1 fully saturated rings. The van der Waals surface area contributed by atoms with Crippen molar-refractivity contribution in [1.29, 1.82) is 0 Å². The van der Waals surface area contributed by atoms with Gasteiger partial charge in [-0.3, -0.25) is 9.00 Å². The number of benzene rings is 1. The van der Waals surface area contributed by atoms with Gasteiger partial charge in [0.2, 0.25) is 0 Å². The van der Waals surface area contributed by atoms with Crippen molar-refractivity contribution < 1.29 is 9.00 Å². The first-order valence-corrected chi connectivity index (χ1v) is 8.03. The molecule has 0 N–H and O–H groups in total. The second-order valence-electron chi connectivity index (χ2n) is 4.75. The first kappa shape index (κ1) is 13.8. The lowest BCUT2D eigenvalue weighted by atomic mass is 9.87. The maximum Gasteiger partial charge on any atom is 0.148 e. The molecule has 0 amide bonds. The number of rotatable bonds is 4. The van der Waals surface area contributed by atoms with Gasteiger partial charge in [-0.05, 0) is 37.1 Å². The van der Waals surface area contributed by atoms with E-state index in [1.165, 1.54) is 6.42 Å². The summed E-state index contributed by atoms with van der Waals surface area (Å²) >= 11 is 5.78. The third kappa shape index (κ3) is 3.66. The van der Waals surface area contributed by atoms with Crippen LogP contribution in [-0.4, -0.2) is 15.7 Å². The van der Waals surface area contributed by atoms with E-state index in [0.29, 0.717) is 9.92 Å².